The van der Waals surface area contributed by atoms with Gasteiger partial charge in [0.2, 0.25) is 5.91 Å². The Morgan fingerprint density at radius 2 is 1.55 bits per heavy atom. The largest absolute Gasteiger partial charge is 0.440 e. The van der Waals surface area contributed by atoms with Gasteiger partial charge < -0.3 is 9.32 Å². The standard InChI is InChI=1S/C28H25FN2O2/c29-23-13-11-20(12-14-23)19-31(24-15-16-24)26(32)18-17-25-30-27(21-7-3-1-4-8-21)28(33-25)22-9-5-2-6-10-22/h1-14,24H,15-19H2. The van der Waals surface area contributed by atoms with E-state index in [1.807, 2.05) is 65.6 Å². The number of aromatic nitrogens is 1. The molecule has 1 aliphatic rings. The molecule has 0 atom stereocenters. The molecule has 3 aromatic carbocycles. The molecule has 0 bridgehead atoms. The second kappa shape index (κ2) is 9.41. The number of carbonyl (C=O) groups is 1. The highest BCUT2D eigenvalue weighted by atomic mass is 19.1. The highest BCUT2D eigenvalue weighted by Gasteiger charge is 2.32. The quantitative estimate of drug-likeness (QED) is 0.324. The fourth-order valence-electron chi connectivity index (χ4n) is 4.00. The number of benzene rings is 3. The molecule has 1 heterocycles. The van der Waals surface area contributed by atoms with E-state index in [-0.39, 0.29) is 17.8 Å². The van der Waals surface area contributed by atoms with Crippen molar-refractivity contribution in [1.29, 1.82) is 0 Å². The van der Waals surface area contributed by atoms with E-state index in [2.05, 4.69) is 0 Å². The van der Waals surface area contributed by atoms with Gasteiger partial charge in [-0.15, -0.1) is 0 Å². The van der Waals surface area contributed by atoms with Crippen LogP contribution >= 0.6 is 0 Å². The van der Waals surface area contributed by atoms with Gasteiger partial charge in [-0.05, 0) is 30.5 Å². The molecule has 4 nitrogen and oxygen atoms in total. The summed E-state index contributed by atoms with van der Waals surface area (Å²) in [7, 11) is 0. The van der Waals surface area contributed by atoms with Crippen molar-refractivity contribution in [2.75, 3.05) is 0 Å². The average Bonchev–Trinajstić information content (AvgIpc) is 3.61. The van der Waals surface area contributed by atoms with E-state index in [9.17, 15) is 9.18 Å². The number of hydrogen-bond acceptors (Lipinski definition) is 3. The second-order valence-corrected chi connectivity index (χ2v) is 8.40. The molecule has 0 saturated heterocycles. The van der Waals surface area contributed by atoms with E-state index in [0.29, 0.717) is 25.3 Å². The average molecular weight is 441 g/mol. The van der Waals surface area contributed by atoms with Crippen molar-refractivity contribution in [3.8, 4) is 22.6 Å². The van der Waals surface area contributed by atoms with Crippen molar-refractivity contribution in [1.82, 2.24) is 9.88 Å². The Bertz CT molecular complexity index is 1160. The van der Waals surface area contributed by atoms with Gasteiger partial charge in [0, 0.05) is 36.6 Å². The number of carbonyl (C=O) groups excluding carboxylic acids is 1. The van der Waals surface area contributed by atoms with Crippen LogP contribution < -0.4 is 0 Å². The molecule has 0 N–H and O–H groups in total. The van der Waals surface area contributed by atoms with Crippen LogP contribution in [0.1, 0.15) is 30.7 Å². The fraction of sp³-hybridized carbons (Fsp3) is 0.214. The Morgan fingerprint density at radius 3 is 2.18 bits per heavy atom. The Hall–Kier alpha value is -3.73. The number of nitrogens with zero attached hydrogens (tertiary/aromatic N) is 2. The smallest absolute Gasteiger partial charge is 0.223 e. The molecule has 1 aliphatic carbocycles. The molecule has 5 rings (SSSR count). The molecule has 0 radical (unpaired) electrons. The Kier molecular flexibility index (Phi) is 6.03. The van der Waals surface area contributed by atoms with Crippen LogP contribution in [0.4, 0.5) is 4.39 Å². The first-order chi connectivity index (χ1) is 16.2. The molecular formula is C28H25FN2O2. The van der Waals surface area contributed by atoms with Crippen LogP contribution in [-0.2, 0) is 17.8 Å². The lowest BCUT2D eigenvalue weighted by atomic mass is 10.1. The first-order valence-electron chi connectivity index (χ1n) is 11.3. The van der Waals surface area contributed by atoms with Gasteiger partial charge in [-0.3, -0.25) is 4.79 Å². The second-order valence-electron chi connectivity index (χ2n) is 8.40. The maximum Gasteiger partial charge on any atom is 0.223 e. The van der Waals surface area contributed by atoms with E-state index in [4.69, 9.17) is 9.40 Å². The summed E-state index contributed by atoms with van der Waals surface area (Å²) in [6.45, 7) is 0.500. The Labute approximate surface area is 192 Å². The van der Waals surface area contributed by atoms with Gasteiger partial charge in [-0.2, -0.15) is 0 Å². The molecule has 33 heavy (non-hydrogen) atoms. The molecule has 166 valence electrons. The van der Waals surface area contributed by atoms with Crippen LogP contribution in [0.25, 0.3) is 22.6 Å². The van der Waals surface area contributed by atoms with Gasteiger partial charge in [0.15, 0.2) is 11.7 Å². The summed E-state index contributed by atoms with van der Waals surface area (Å²) in [5.41, 5.74) is 3.66. The molecule has 1 aromatic heterocycles. The summed E-state index contributed by atoms with van der Waals surface area (Å²) < 4.78 is 19.4. The van der Waals surface area contributed by atoms with Crippen molar-refractivity contribution in [2.45, 2.75) is 38.3 Å². The van der Waals surface area contributed by atoms with Crippen molar-refractivity contribution < 1.29 is 13.6 Å². The van der Waals surface area contributed by atoms with Crippen LogP contribution in [0, 0.1) is 5.82 Å². The maximum atomic E-state index is 13.2. The minimum atomic E-state index is -0.268. The minimum Gasteiger partial charge on any atom is -0.440 e. The molecule has 0 aliphatic heterocycles. The van der Waals surface area contributed by atoms with Crippen LogP contribution in [0.2, 0.25) is 0 Å². The zero-order chi connectivity index (χ0) is 22.6. The molecule has 1 amide bonds. The topological polar surface area (TPSA) is 46.3 Å². The summed E-state index contributed by atoms with van der Waals surface area (Å²) in [5, 5.41) is 0. The van der Waals surface area contributed by atoms with Crippen LogP contribution in [0.15, 0.2) is 89.3 Å². The zero-order valence-corrected chi connectivity index (χ0v) is 18.3. The molecule has 1 fully saturated rings. The first-order valence-corrected chi connectivity index (χ1v) is 11.3. The highest BCUT2D eigenvalue weighted by Crippen LogP contribution is 2.33. The fourth-order valence-corrected chi connectivity index (χ4v) is 4.00. The van der Waals surface area contributed by atoms with Gasteiger partial charge in [0.05, 0.1) is 0 Å². The number of halogens is 1. The third-order valence-electron chi connectivity index (χ3n) is 5.88. The van der Waals surface area contributed by atoms with Gasteiger partial charge in [-0.1, -0.05) is 72.8 Å². The predicted octanol–water partition coefficient (Wildman–Crippen LogP) is 6.27. The van der Waals surface area contributed by atoms with Gasteiger partial charge in [0.25, 0.3) is 0 Å². The number of aryl methyl sites for hydroxylation is 1. The first kappa shape index (κ1) is 21.1. The third kappa shape index (κ3) is 5.03. The summed E-state index contributed by atoms with van der Waals surface area (Å²) >= 11 is 0. The maximum absolute atomic E-state index is 13.2. The van der Waals surface area contributed by atoms with Crippen LogP contribution in [0.5, 0.6) is 0 Å². The van der Waals surface area contributed by atoms with Crippen molar-refractivity contribution in [2.24, 2.45) is 0 Å². The zero-order valence-electron chi connectivity index (χ0n) is 18.3. The normalized spacial score (nSPS) is 13.1. The van der Waals surface area contributed by atoms with Gasteiger partial charge in [-0.25, -0.2) is 9.37 Å². The van der Waals surface area contributed by atoms with E-state index in [0.717, 1.165) is 41.0 Å². The lowest BCUT2D eigenvalue weighted by Gasteiger charge is -2.22. The predicted molar refractivity (Wildman–Crippen MR) is 126 cm³/mol. The van der Waals surface area contributed by atoms with E-state index in [1.54, 1.807) is 12.1 Å². The summed E-state index contributed by atoms with van der Waals surface area (Å²) in [5.74, 6) is 1.08. The molecule has 4 aromatic rings. The Balaban J connectivity index is 1.34. The van der Waals surface area contributed by atoms with Crippen LogP contribution in [0.3, 0.4) is 0 Å². The van der Waals surface area contributed by atoms with Gasteiger partial charge in [0.1, 0.15) is 11.5 Å². The number of hydrogen-bond donors (Lipinski definition) is 0. The van der Waals surface area contributed by atoms with Crippen molar-refractivity contribution in [3.63, 3.8) is 0 Å². The van der Waals surface area contributed by atoms with E-state index < -0.39 is 0 Å². The molecule has 0 spiro atoms. The highest BCUT2D eigenvalue weighted by molar-refractivity contribution is 5.78. The number of oxazole rings is 1. The number of rotatable bonds is 8. The van der Waals surface area contributed by atoms with Crippen molar-refractivity contribution >= 4 is 5.91 Å². The van der Waals surface area contributed by atoms with E-state index >= 15 is 0 Å². The monoisotopic (exact) mass is 440 g/mol. The lowest BCUT2D eigenvalue weighted by molar-refractivity contribution is -0.132. The SMILES string of the molecule is O=C(CCc1nc(-c2ccccc2)c(-c2ccccc2)o1)N(Cc1ccc(F)cc1)C1CC1. The molecular weight excluding hydrogens is 415 g/mol. The molecule has 5 heteroatoms. The van der Waals surface area contributed by atoms with Crippen molar-refractivity contribution in [3.05, 3.63) is 102 Å². The van der Waals surface area contributed by atoms with Crippen LogP contribution in [-0.4, -0.2) is 21.8 Å². The third-order valence-corrected chi connectivity index (χ3v) is 5.88. The molecule has 0 unspecified atom stereocenters. The summed E-state index contributed by atoms with van der Waals surface area (Å²) in [6, 6.07) is 26.5. The minimum absolute atomic E-state index is 0.0718. The lowest BCUT2D eigenvalue weighted by Crippen LogP contribution is -2.32. The summed E-state index contributed by atoms with van der Waals surface area (Å²) in [6.07, 6.45) is 2.78. The number of amides is 1. The Morgan fingerprint density at radius 1 is 0.909 bits per heavy atom. The molecule has 1 saturated carbocycles. The van der Waals surface area contributed by atoms with Gasteiger partial charge >= 0.3 is 0 Å². The van der Waals surface area contributed by atoms with E-state index in [1.165, 1.54) is 12.1 Å². The summed E-state index contributed by atoms with van der Waals surface area (Å²) in [4.78, 5) is 19.8.